The van der Waals surface area contributed by atoms with Crippen molar-refractivity contribution >= 4 is 34.9 Å². The fourth-order valence-electron chi connectivity index (χ4n) is 2.18. The number of rotatable bonds is 2. The molecule has 0 aliphatic carbocycles. The molecule has 4 heteroatoms. The monoisotopic (exact) mass is 288 g/mol. The second-order valence-corrected chi connectivity index (χ2v) is 5.43. The van der Waals surface area contributed by atoms with Crippen molar-refractivity contribution in [2.75, 3.05) is 0 Å². The molecule has 3 aromatic rings. The van der Waals surface area contributed by atoms with E-state index in [9.17, 15) is 0 Å². The average Bonchev–Trinajstić information content (AvgIpc) is 2.71. The zero-order valence-electron chi connectivity index (χ0n) is 10.5. The van der Waals surface area contributed by atoms with E-state index < -0.39 is 0 Å². The van der Waals surface area contributed by atoms with Gasteiger partial charge in [-0.1, -0.05) is 47.5 Å². The molecule has 96 valence electrons. The predicted octanol–water partition coefficient (Wildman–Crippen LogP) is 4.71. The lowest BCUT2D eigenvalue weighted by molar-refractivity contribution is 0.810. The molecule has 0 aliphatic rings. The fourth-order valence-corrected chi connectivity index (χ4v) is 2.66. The third kappa shape index (κ3) is 2.31. The largest absolute Gasteiger partial charge is 0.329 e. The van der Waals surface area contributed by atoms with Crippen molar-refractivity contribution in [1.29, 1.82) is 0 Å². The van der Waals surface area contributed by atoms with Crippen LogP contribution < -0.4 is 0 Å². The Morgan fingerprint density at radius 1 is 1.16 bits per heavy atom. The van der Waals surface area contributed by atoms with Crippen LogP contribution in [0.2, 0.25) is 5.02 Å². The van der Waals surface area contributed by atoms with Gasteiger partial charge in [0.2, 0.25) is 0 Å². The first kappa shape index (κ1) is 12.5. The van der Waals surface area contributed by atoms with Gasteiger partial charge in [-0.25, -0.2) is 0 Å². The van der Waals surface area contributed by atoms with Gasteiger partial charge in [-0.05, 0) is 36.8 Å². The Bertz CT molecular complexity index is 784. The van der Waals surface area contributed by atoms with Crippen LogP contribution in [0.5, 0.6) is 0 Å². The molecule has 0 fully saturated rings. The molecule has 1 N–H and O–H groups in total. The maximum absolute atomic E-state index is 6.18. The topological polar surface area (TPSA) is 20.7 Å². The number of benzene rings is 2. The zero-order chi connectivity index (χ0) is 13.4. The molecule has 0 atom stereocenters. The number of para-hydroxylation sites is 1. The summed E-state index contributed by atoms with van der Waals surface area (Å²) in [6.07, 6.45) is 0. The summed E-state index contributed by atoms with van der Waals surface area (Å²) in [6, 6.07) is 14.3. The highest BCUT2D eigenvalue weighted by Gasteiger charge is 2.07. The van der Waals surface area contributed by atoms with E-state index in [-0.39, 0.29) is 0 Å². The van der Waals surface area contributed by atoms with E-state index in [1.54, 1.807) is 0 Å². The van der Waals surface area contributed by atoms with Gasteiger partial charge in [-0.3, -0.25) is 0 Å². The first-order valence-electron chi connectivity index (χ1n) is 6.08. The molecule has 1 heterocycles. The third-order valence-corrected chi connectivity index (χ3v) is 3.86. The molecule has 0 radical (unpaired) electrons. The highest BCUT2D eigenvalue weighted by molar-refractivity contribution is 7.71. The van der Waals surface area contributed by atoms with Crippen LogP contribution in [0.3, 0.4) is 0 Å². The summed E-state index contributed by atoms with van der Waals surface area (Å²) >= 11 is 11.6. The fraction of sp³-hybridized carbons (Fsp3) is 0.133. The van der Waals surface area contributed by atoms with Gasteiger partial charge in [0.05, 0.1) is 22.6 Å². The molecule has 2 nitrogen and oxygen atoms in total. The molecule has 19 heavy (non-hydrogen) atoms. The number of aromatic amines is 1. The van der Waals surface area contributed by atoms with Gasteiger partial charge < -0.3 is 9.55 Å². The van der Waals surface area contributed by atoms with Crippen molar-refractivity contribution in [3.05, 3.63) is 63.4 Å². The van der Waals surface area contributed by atoms with Gasteiger partial charge in [0.25, 0.3) is 0 Å². The van der Waals surface area contributed by atoms with E-state index in [1.807, 2.05) is 18.2 Å². The van der Waals surface area contributed by atoms with E-state index in [4.69, 9.17) is 23.8 Å². The smallest absolute Gasteiger partial charge is 0.178 e. The lowest BCUT2D eigenvalue weighted by Crippen LogP contribution is -1.99. The minimum absolute atomic E-state index is 0.698. The van der Waals surface area contributed by atoms with Crippen LogP contribution in [0.1, 0.15) is 11.1 Å². The molecule has 0 spiro atoms. The predicted molar refractivity (Wildman–Crippen MR) is 82.4 cm³/mol. The molecule has 0 bridgehead atoms. The van der Waals surface area contributed by atoms with Crippen molar-refractivity contribution in [3.8, 4) is 0 Å². The summed E-state index contributed by atoms with van der Waals surface area (Å²) in [4.78, 5) is 3.17. The normalized spacial score (nSPS) is 11.1. The van der Waals surface area contributed by atoms with E-state index in [1.165, 1.54) is 11.1 Å². The van der Waals surface area contributed by atoms with Crippen LogP contribution in [-0.4, -0.2) is 9.55 Å². The molecule has 0 saturated carbocycles. The van der Waals surface area contributed by atoms with Crippen molar-refractivity contribution in [3.63, 3.8) is 0 Å². The van der Waals surface area contributed by atoms with Crippen LogP contribution in [0.4, 0.5) is 0 Å². The van der Waals surface area contributed by atoms with Crippen molar-refractivity contribution in [2.45, 2.75) is 13.5 Å². The first-order chi connectivity index (χ1) is 9.15. The molecular weight excluding hydrogens is 276 g/mol. The quantitative estimate of drug-likeness (QED) is 0.677. The second kappa shape index (κ2) is 4.83. The lowest BCUT2D eigenvalue weighted by Gasteiger charge is -2.05. The number of nitrogens with zero attached hydrogens (tertiary/aromatic N) is 1. The molecule has 3 rings (SSSR count). The Kier molecular flexibility index (Phi) is 3.17. The van der Waals surface area contributed by atoms with Gasteiger partial charge in [0.1, 0.15) is 0 Å². The molecule has 1 aromatic heterocycles. The molecule has 0 unspecified atom stereocenters. The number of hydrogen-bond donors (Lipinski definition) is 1. The minimum atomic E-state index is 0.698. The summed E-state index contributed by atoms with van der Waals surface area (Å²) in [5.41, 5.74) is 4.43. The number of hydrogen-bond acceptors (Lipinski definition) is 1. The summed E-state index contributed by atoms with van der Waals surface area (Å²) in [5.74, 6) is 0. The maximum atomic E-state index is 6.18. The molecule has 0 amide bonds. The van der Waals surface area contributed by atoms with Gasteiger partial charge in [-0.15, -0.1) is 0 Å². The standard InChI is InChI=1S/C15H13ClN2S/c1-10-5-7-11(8-6-10)9-18-13-4-2-3-12(16)14(13)17-15(18)19/h2-8H,9H2,1H3,(H,17,19). The number of aryl methyl sites for hydroxylation is 1. The molecule has 2 aromatic carbocycles. The zero-order valence-corrected chi connectivity index (χ0v) is 12.1. The van der Waals surface area contributed by atoms with Gasteiger partial charge in [0.15, 0.2) is 4.77 Å². The van der Waals surface area contributed by atoms with E-state index in [0.29, 0.717) is 9.79 Å². The Hall–Kier alpha value is -1.58. The van der Waals surface area contributed by atoms with E-state index >= 15 is 0 Å². The Labute approximate surface area is 121 Å². The van der Waals surface area contributed by atoms with Crippen molar-refractivity contribution in [1.82, 2.24) is 9.55 Å². The Balaban J connectivity index is 2.10. The van der Waals surface area contributed by atoms with Crippen LogP contribution in [-0.2, 0) is 6.54 Å². The number of fused-ring (bicyclic) bond motifs is 1. The number of aromatic nitrogens is 2. The van der Waals surface area contributed by atoms with Crippen LogP contribution >= 0.6 is 23.8 Å². The Morgan fingerprint density at radius 2 is 1.89 bits per heavy atom. The summed E-state index contributed by atoms with van der Waals surface area (Å²) in [7, 11) is 0. The highest BCUT2D eigenvalue weighted by atomic mass is 35.5. The number of imidazole rings is 1. The highest BCUT2D eigenvalue weighted by Crippen LogP contribution is 2.23. The molecule has 0 aliphatic heterocycles. The lowest BCUT2D eigenvalue weighted by atomic mass is 10.1. The van der Waals surface area contributed by atoms with Gasteiger partial charge in [0, 0.05) is 0 Å². The average molecular weight is 289 g/mol. The SMILES string of the molecule is Cc1ccc(Cn2c(=S)[nH]c3c(Cl)cccc32)cc1. The first-order valence-corrected chi connectivity index (χ1v) is 6.86. The van der Waals surface area contributed by atoms with Crippen LogP contribution in [0.15, 0.2) is 42.5 Å². The number of halogens is 1. The number of H-pyrrole nitrogens is 1. The van der Waals surface area contributed by atoms with Crippen LogP contribution in [0, 0.1) is 11.7 Å². The minimum Gasteiger partial charge on any atom is -0.329 e. The molecular formula is C15H13ClN2S. The van der Waals surface area contributed by atoms with Crippen molar-refractivity contribution < 1.29 is 0 Å². The van der Waals surface area contributed by atoms with E-state index in [2.05, 4.69) is 40.7 Å². The maximum Gasteiger partial charge on any atom is 0.178 e. The van der Waals surface area contributed by atoms with Gasteiger partial charge >= 0.3 is 0 Å². The second-order valence-electron chi connectivity index (χ2n) is 4.64. The van der Waals surface area contributed by atoms with E-state index in [0.717, 1.165) is 17.6 Å². The van der Waals surface area contributed by atoms with Crippen molar-refractivity contribution in [2.24, 2.45) is 0 Å². The summed E-state index contributed by atoms with van der Waals surface area (Å²) in [6.45, 7) is 2.83. The summed E-state index contributed by atoms with van der Waals surface area (Å²) < 4.78 is 2.77. The third-order valence-electron chi connectivity index (χ3n) is 3.22. The summed E-state index contributed by atoms with van der Waals surface area (Å²) in [5, 5.41) is 0.700. The van der Waals surface area contributed by atoms with Gasteiger partial charge in [-0.2, -0.15) is 0 Å². The molecule has 0 saturated heterocycles. The Morgan fingerprint density at radius 3 is 2.63 bits per heavy atom. The number of nitrogens with one attached hydrogen (secondary N) is 1. The van der Waals surface area contributed by atoms with Crippen LogP contribution in [0.25, 0.3) is 11.0 Å².